The van der Waals surface area contributed by atoms with Crippen molar-refractivity contribution in [3.63, 3.8) is 0 Å². The molecule has 0 atom stereocenters. The van der Waals surface area contributed by atoms with E-state index in [9.17, 15) is 4.39 Å². The molecule has 0 N–H and O–H groups in total. The second-order valence-corrected chi connectivity index (χ2v) is 5.98. The third-order valence-corrected chi connectivity index (χ3v) is 4.26. The Bertz CT molecular complexity index is 652. The second-order valence-electron chi connectivity index (χ2n) is 5.98. The lowest BCUT2D eigenvalue weighted by atomic mass is 10.1. The van der Waals surface area contributed by atoms with Crippen molar-refractivity contribution in [1.82, 2.24) is 14.8 Å². The summed E-state index contributed by atoms with van der Waals surface area (Å²) in [5.41, 5.74) is 2.58. The van der Waals surface area contributed by atoms with Crippen molar-refractivity contribution in [1.29, 1.82) is 0 Å². The smallest absolute Gasteiger partial charge is 0.128 e. The van der Waals surface area contributed by atoms with E-state index >= 15 is 0 Å². The number of methoxy groups -OCH3 is 1. The lowest BCUT2D eigenvalue weighted by Crippen LogP contribution is -2.43. The Morgan fingerprint density at radius 2 is 1.91 bits per heavy atom. The molecule has 0 radical (unpaired) electrons. The van der Waals surface area contributed by atoms with Gasteiger partial charge < -0.3 is 9.64 Å². The summed E-state index contributed by atoms with van der Waals surface area (Å²) in [6.45, 7) is 5.27. The quantitative estimate of drug-likeness (QED) is 0.867. The monoisotopic (exact) mass is 315 g/mol. The predicted octanol–water partition coefficient (Wildman–Crippen LogP) is 2.64. The highest BCUT2D eigenvalue weighted by molar-refractivity contribution is 5.67. The molecule has 2 heterocycles. The molecule has 3 rings (SSSR count). The standard InChI is InChI=1S/C18H22FN3O/c1-21-7-9-22(10-8-21)13-14-3-5-17(20-12-14)16-11-15(19)4-6-18(16)23-2/h3-6,11-12H,7-10,13H2,1-2H3. The largest absolute Gasteiger partial charge is 0.496 e. The molecule has 5 heteroatoms. The fourth-order valence-corrected chi connectivity index (χ4v) is 2.82. The van der Waals surface area contributed by atoms with E-state index in [4.69, 9.17) is 4.74 Å². The van der Waals surface area contributed by atoms with Crippen LogP contribution in [0, 0.1) is 5.82 Å². The molecule has 0 saturated carbocycles. The first-order valence-electron chi connectivity index (χ1n) is 7.85. The molecule has 23 heavy (non-hydrogen) atoms. The van der Waals surface area contributed by atoms with E-state index in [2.05, 4.69) is 27.9 Å². The lowest BCUT2D eigenvalue weighted by Gasteiger charge is -2.32. The maximum atomic E-state index is 13.5. The minimum Gasteiger partial charge on any atom is -0.496 e. The molecule has 4 nitrogen and oxygen atoms in total. The van der Waals surface area contributed by atoms with E-state index in [1.54, 1.807) is 13.2 Å². The van der Waals surface area contributed by atoms with Crippen LogP contribution in [0.3, 0.4) is 0 Å². The minimum absolute atomic E-state index is 0.288. The number of rotatable bonds is 4. The van der Waals surface area contributed by atoms with Gasteiger partial charge in [-0.25, -0.2) is 4.39 Å². The number of halogens is 1. The molecule has 0 aliphatic carbocycles. The van der Waals surface area contributed by atoms with Crippen LogP contribution in [0.1, 0.15) is 5.56 Å². The zero-order valence-corrected chi connectivity index (χ0v) is 13.6. The van der Waals surface area contributed by atoms with Crippen molar-refractivity contribution in [2.45, 2.75) is 6.54 Å². The van der Waals surface area contributed by atoms with Crippen molar-refractivity contribution < 1.29 is 9.13 Å². The first kappa shape index (κ1) is 15.9. The molecule has 1 aliphatic heterocycles. The zero-order chi connectivity index (χ0) is 16.2. The number of pyridine rings is 1. The van der Waals surface area contributed by atoms with Crippen molar-refractivity contribution in [3.05, 3.63) is 47.9 Å². The number of nitrogens with zero attached hydrogens (tertiary/aromatic N) is 3. The van der Waals surface area contributed by atoms with Crippen molar-refractivity contribution in [3.8, 4) is 17.0 Å². The molecule has 0 amide bonds. The first-order valence-corrected chi connectivity index (χ1v) is 7.85. The molecule has 1 fully saturated rings. The van der Waals surface area contributed by atoms with Crippen molar-refractivity contribution in [2.75, 3.05) is 40.3 Å². The number of hydrogen-bond acceptors (Lipinski definition) is 4. The number of piperazine rings is 1. The van der Waals surface area contributed by atoms with E-state index in [0.29, 0.717) is 11.3 Å². The summed E-state index contributed by atoms with van der Waals surface area (Å²) < 4.78 is 18.8. The van der Waals surface area contributed by atoms with Crippen LogP contribution in [0.15, 0.2) is 36.5 Å². The zero-order valence-electron chi connectivity index (χ0n) is 13.6. The molecular weight excluding hydrogens is 293 g/mol. The van der Waals surface area contributed by atoms with E-state index < -0.39 is 0 Å². The Hall–Kier alpha value is -1.98. The van der Waals surface area contributed by atoms with Crippen LogP contribution in [0.2, 0.25) is 0 Å². The third kappa shape index (κ3) is 3.86. The van der Waals surface area contributed by atoms with Gasteiger partial charge in [0.2, 0.25) is 0 Å². The summed E-state index contributed by atoms with van der Waals surface area (Å²) in [5, 5.41) is 0. The average molecular weight is 315 g/mol. The van der Waals surface area contributed by atoms with Crippen LogP contribution >= 0.6 is 0 Å². The van der Waals surface area contributed by atoms with Crippen LogP contribution < -0.4 is 4.74 Å². The highest BCUT2D eigenvalue weighted by Crippen LogP contribution is 2.29. The van der Waals surface area contributed by atoms with Crippen LogP contribution in [0.4, 0.5) is 4.39 Å². The minimum atomic E-state index is -0.288. The van der Waals surface area contributed by atoms with Crippen LogP contribution in [-0.4, -0.2) is 55.1 Å². The topological polar surface area (TPSA) is 28.6 Å². The Balaban J connectivity index is 1.73. The van der Waals surface area contributed by atoms with Crippen molar-refractivity contribution in [2.24, 2.45) is 0 Å². The predicted molar refractivity (Wildman–Crippen MR) is 89.0 cm³/mol. The van der Waals surface area contributed by atoms with E-state index in [1.165, 1.54) is 17.7 Å². The summed E-state index contributed by atoms with van der Waals surface area (Å²) in [7, 11) is 3.73. The average Bonchev–Trinajstić information content (AvgIpc) is 2.58. The van der Waals surface area contributed by atoms with Crippen LogP contribution in [0.25, 0.3) is 11.3 Å². The number of hydrogen-bond donors (Lipinski definition) is 0. The van der Waals surface area contributed by atoms with Gasteiger partial charge in [0.15, 0.2) is 0 Å². The molecule has 1 aromatic carbocycles. The van der Waals surface area contributed by atoms with Gasteiger partial charge in [-0.05, 0) is 36.9 Å². The van der Waals surface area contributed by atoms with Gasteiger partial charge in [-0.3, -0.25) is 9.88 Å². The molecule has 1 aromatic heterocycles. The van der Waals surface area contributed by atoms with Gasteiger partial charge in [0.25, 0.3) is 0 Å². The van der Waals surface area contributed by atoms with Gasteiger partial charge in [0.05, 0.1) is 12.8 Å². The summed E-state index contributed by atoms with van der Waals surface area (Å²) in [4.78, 5) is 9.27. The van der Waals surface area contributed by atoms with Gasteiger partial charge in [0.1, 0.15) is 11.6 Å². The number of aromatic nitrogens is 1. The highest BCUT2D eigenvalue weighted by Gasteiger charge is 2.14. The van der Waals surface area contributed by atoms with Crippen LogP contribution in [0.5, 0.6) is 5.75 Å². The summed E-state index contributed by atoms with van der Waals surface area (Å²) in [6.07, 6.45) is 1.87. The second kappa shape index (κ2) is 7.06. The molecule has 0 spiro atoms. The molecule has 1 aliphatic rings. The fourth-order valence-electron chi connectivity index (χ4n) is 2.82. The molecule has 122 valence electrons. The SMILES string of the molecule is COc1ccc(F)cc1-c1ccc(CN2CCN(C)CC2)cn1. The highest BCUT2D eigenvalue weighted by atomic mass is 19.1. The van der Waals surface area contributed by atoms with Crippen molar-refractivity contribution >= 4 is 0 Å². The normalized spacial score (nSPS) is 16.5. The first-order chi connectivity index (χ1) is 11.2. The van der Waals surface area contributed by atoms with E-state index in [-0.39, 0.29) is 5.82 Å². The lowest BCUT2D eigenvalue weighted by molar-refractivity contribution is 0.148. The summed E-state index contributed by atoms with van der Waals surface area (Å²) in [6, 6.07) is 8.48. The molecule has 0 unspecified atom stereocenters. The summed E-state index contributed by atoms with van der Waals surface area (Å²) in [5.74, 6) is 0.342. The molecular formula is C18H22FN3O. The van der Waals surface area contributed by atoms with Gasteiger partial charge >= 0.3 is 0 Å². The number of ether oxygens (including phenoxy) is 1. The molecule has 1 saturated heterocycles. The third-order valence-electron chi connectivity index (χ3n) is 4.26. The van der Waals surface area contributed by atoms with Gasteiger partial charge in [0, 0.05) is 44.5 Å². The Kier molecular flexibility index (Phi) is 4.88. The van der Waals surface area contributed by atoms with E-state index in [0.717, 1.165) is 38.4 Å². The fraction of sp³-hybridized carbons (Fsp3) is 0.389. The van der Waals surface area contributed by atoms with Gasteiger partial charge in [-0.15, -0.1) is 0 Å². The Labute approximate surface area is 136 Å². The molecule has 2 aromatic rings. The maximum absolute atomic E-state index is 13.5. The maximum Gasteiger partial charge on any atom is 0.128 e. The van der Waals surface area contributed by atoms with Gasteiger partial charge in [-0.1, -0.05) is 6.07 Å². The molecule has 0 bridgehead atoms. The van der Waals surface area contributed by atoms with Gasteiger partial charge in [-0.2, -0.15) is 0 Å². The number of benzene rings is 1. The Morgan fingerprint density at radius 3 is 2.57 bits per heavy atom. The Morgan fingerprint density at radius 1 is 1.13 bits per heavy atom. The van der Waals surface area contributed by atoms with Crippen LogP contribution in [-0.2, 0) is 6.54 Å². The van der Waals surface area contributed by atoms with E-state index in [1.807, 2.05) is 12.3 Å². The summed E-state index contributed by atoms with van der Waals surface area (Å²) >= 11 is 0. The number of likely N-dealkylation sites (N-methyl/N-ethyl adjacent to an activating group) is 1.